The van der Waals surface area contributed by atoms with Gasteiger partial charge in [-0.1, -0.05) is 18.2 Å². The molecule has 0 aliphatic carbocycles. The Morgan fingerprint density at radius 1 is 1.20 bits per heavy atom. The molecule has 1 heterocycles. The highest BCUT2D eigenvalue weighted by atomic mass is 32.2. The minimum Gasteiger partial charge on any atom is -0.236 e. The third kappa shape index (κ3) is 1.85. The molecule has 0 fully saturated rings. The van der Waals surface area contributed by atoms with Crippen LogP contribution in [0.25, 0.3) is 10.9 Å². The van der Waals surface area contributed by atoms with E-state index in [9.17, 15) is 8.42 Å². The molecule has 2 aromatic rings. The van der Waals surface area contributed by atoms with Crippen LogP contribution in [0, 0.1) is 6.92 Å². The van der Waals surface area contributed by atoms with Gasteiger partial charge in [0, 0.05) is 11.6 Å². The van der Waals surface area contributed by atoms with Crippen LogP contribution >= 0.6 is 0 Å². The number of para-hydroxylation sites is 1. The second kappa shape index (κ2) is 3.31. The highest BCUT2D eigenvalue weighted by Gasteiger charge is 2.10. The average Bonchev–Trinajstić information content (AvgIpc) is 2.16. The number of hydrogen-bond donors (Lipinski definition) is 0. The predicted octanol–water partition coefficient (Wildman–Crippen LogP) is 1.95. The Morgan fingerprint density at radius 3 is 2.53 bits per heavy atom. The molecule has 0 amide bonds. The van der Waals surface area contributed by atoms with Crippen LogP contribution in [0.2, 0.25) is 0 Å². The van der Waals surface area contributed by atoms with Gasteiger partial charge in [-0.3, -0.25) is 0 Å². The molecule has 0 aliphatic heterocycles. The van der Waals surface area contributed by atoms with Crippen LogP contribution in [0.5, 0.6) is 0 Å². The Kier molecular flexibility index (Phi) is 2.23. The van der Waals surface area contributed by atoms with Crippen LogP contribution in [0.3, 0.4) is 0 Å². The van der Waals surface area contributed by atoms with Crippen molar-refractivity contribution >= 4 is 20.7 Å². The molecular weight excluding hydrogens is 210 g/mol. The lowest BCUT2D eigenvalue weighted by Crippen LogP contribution is -2.01. The van der Waals surface area contributed by atoms with E-state index in [1.165, 1.54) is 6.26 Å². The predicted molar refractivity (Wildman–Crippen MR) is 59.6 cm³/mol. The van der Waals surface area contributed by atoms with Crippen molar-refractivity contribution in [2.45, 2.75) is 11.9 Å². The van der Waals surface area contributed by atoms with Crippen LogP contribution in [-0.4, -0.2) is 19.7 Å². The van der Waals surface area contributed by atoms with E-state index in [0.717, 1.165) is 16.5 Å². The van der Waals surface area contributed by atoms with Crippen LogP contribution < -0.4 is 0 Å². The Balaban J connectivity index is 2.85. The third-order valence-corrected chi connectivity index (χ3v) is 3.25. The molecule has 2 rings (SSSR count). The van der Waals surface area contributed by atoms with E-state index >= 15 is 0 Å². The van der Waals surface area contributed by atoms with E-state index in [4.69, 9.17) is 0 Å². The van der Waals surface area contributed by atoms with E-state index in [2.05, 4.69) is 4.98 Å². The fourth-order valence-electron chi connectivity index (χ4n) is 1.51. The molecule has 0 spiro atoms. The summed E-state index contributed by atoms with van der Waals surface area (Å²) in [4.78, 5) is 4.12. The molecule has 15 heavy (non-hydrogen) atoms. The summed E-state index contributed by atoms with van der Waals surface area (Å²) < 4.78 is 22.7. The lowest BCUT2D eigenvalue weighted by atomic mass is 10.1. The minimum absolute atomic E-state index is 0.138. The quantitative estimate of drug-likeness (QED) is 0.739. The Hall–Kier alpha value is -1.42. The zero-order chi connectivity index (χ0) is 11.1. The zero-order valence-electron chi connectivity index (χ0n) is 8.56. The molecule has 78 valence electrons. The van der Waals surface area contributed by atoms with E-state index in [1.54, 1.807) is 6.07 Å². The molecule has 0 radical (unpaired) electrons. The van der Waals surface area contributed by atoms with Crippen molar-refractivity contribution in [3.8, 4) is 0 Å². The first kappa shape index (κ1) is 10.1. The summed E-state index contributed by atoms with van der Waals surface area (Å²) in [7, 11) is -3.23. The van der Waals surface area contributed by atoms with E-state index in [0.29, 0.717) is 0 Å². The van der Waals surface area contributed by atoms with Gasteiger partial charge in [0.1, 0.15) is 0 Å². The molecule has 3 nitrogen and oxygen atoms in total. The standard InChI is InChI=1S/C11H11NO2S/c1-8-7-11(15(2,13)14)12-10-6-4-3-5-9(8)10/h3-7H,1-2H3. The van der Waals surface area contributed by atoms with Crippen molar-refractivity contribution in [1.82, 2.24) is 4.98 Å². The molecule has 1 aromatic heterocycles. The zero-order valence-corrected chi connectivity index (χ0v) is 9.38. The molecule has 0 saturated heterocycles. The Bertz CT molecular complexity index is 618. The van der Waals surface area contributed by atoms with Gasteiger partial charge >= 0.3 is 0 Å². The number of aromatic nitrogens is 1. The van der Waals surface area contributed by atoms with Gasteiger partial charge in [0.15, 0.2) is 14.9 Å². The minimum atomic E-state index is -3.23. The molecule has 0 N–H and O–H groups in total. The van der Waals surface area contributed by atoms with E-state index < -0.39 is 9.84 Å². The SMILES string of the molecule is Cc1cc(S(C)(=O)=O)nc2ccccc12. The topological polar surface area (TPSA) is 47.0 Å². The number of benzene rings is 1. The van der Waals surface area contributed by atoms with Gasteiger partial charge < -0.3 is 0 Å². The number of nitrogens with zero attached hydrogens (tertiary/aromatic N) is 1. The van der Waals surface area contributed by atoms with Gasteiger partial charge in [-0.15, -0.1) is 0 Å². The summed E-state index contributed by atoms with van der Waals surface area (Å²) in [5, 5.41) is 1.13. The van der Waals surface area contributed by atoms with Crippen molar-refractivity contribution in [2.75, 3.05) is 6.26 Å². The monoisotopic (exact) mass is 221 g/mol. The number of hydrogen-bond acceptors (Lipinski definition) is 3. The van der Waals surface area contributed by atoms with E-state index in [1.807, 2.05) is 31.2 Å². The molecular formula is C11H11NO2S. The molecule has 1 aromatic carbocycles. The second-order valence-corrected chi connectivity index (χ2v) is 5.53. The lowest BCUT2D eigenvalue weighted by molar-refractivity contribution is 0.598. The third-order valence-electron chi connectivity index (χ3n) is 2.28. The van der Waals surface area contributed by atoms with Crippen LogP contribution in [0.15, 0.2) is 35.4 Å². The Morgan fingerprint density at radius 2 is 1.87 bits per heavy atom. The first-order valence-electron chi connectivity index (χ1n) is 4.55. The summed E-state index contributed by atoms with van der Waals surface area (Å²) in [6.07, 6.45) is 1.17. The maximum Gasteiger partial charge on any atom is 0.192 e. The van der Waals surface area contributed by atoms with Crippen molar-refractivity contribution in [3.63, 3.8) is 0 Å². The number of sulfone groups is 1. The first-order chi connectivity index (χ1) is 6.98. The Labute approximate surface area is 88.7 Å². The second-order valence-electron chi connectivity index (χ2n) is 3.57. The van der Waals surface area contributed by atoms with Gasteiger partial charge in [-0.05, 0) is 24.6 Å². The largest absolute Gasteiger partial charge is 0.236 e. The van der Waals surface area contributed by atoms with E-state index in [-0.39, 0.29) is 5.03 Å². The van der Waals surface area contributed by atoms with Crippen LogP contribution in [0.1, 0.15) is 5.56 Å². The molecule has 0 aliphatic rings. The smallest absolute Gasteiger partial charge is 0.192 e. The van der Waals surface area contributed by atoms with Crippen molar-refractivity contribution in [3.05, 3.63) is 35.9 Å². The summed E-state index contributed by atoms with van der Waals surface area (Å²) in [5.74, 6) is 0. The van der Waals surface area contributed by atoms with Crippen molar-refractivity contribution in [2.24, 2.45) is 0 Å². The maximum absolute atomic E-state index is 11.4. The maximum atomic E-state index is 11.4. The summed E-state index contributed by atoms with van der Waals surface area (Å²) in [6, 6.07) is 9.12. The molecule has 0 atom stereocenters. The van der Waals surface area contributed by atoms with Crippen molar-refractivity contribution < 1.29 is 8.42 Å². The van der Waals surface area contributed by atoms with Crippen LogP contribution in [0.4, 0.5) is 0 Å². The summed E-state index contributed by atoms with van der Waals surface area (Å²) in [6.45, 7) is 1.89. The molecule has 4 heteroatoms. The fraction of sp³-hybridized carbons (Fsp3) is 0.182. The summed E-state index contributed by atoms with van der Waals surface area (Å²) >= 11 is 0. The number of fused-ring (bicyclic) bond motifs is 1. The molecule has 0 unspecified atom stereocenters. The average molecular weight is 221 g/mol. The number of rotatable bonds is 1. The normalized spacial score (nSPS) is 11.9. The lowest BCUT2D eigenvalue weighted by Gasteiger charge is -2.04. The highest BCUT2D eigenvalue weighted by Crippen LogP contribution is 2.19. The number of aryl methyl sites for hydroxylation is 1. The van der Waals surface area contributed by atoms with Gasteiger partial charge in [0.05, 0.1) is 5.52 Å². The van der Waals surface area contributed by atoms with Crippen molar-refractivity contribution in [1.29, 1.82) is 0 Å². The van der Waals surface area contributed by atoms with Gasteiger partial charge in [0.25, 0.3) is 0 Å². The summed E-state index contributed by atoms with van der Waals surface area (Å²) in [5.41, 5.74) is 1.65. The van der Waals surface area contributed by atoms with Crippen LogP contribution in [-0.2, 0) is 9.84 Å². The van der Waals surface area contributed by atoms with Gasteiger partial charge in [-0.25, -0.2) is 13.4 Å². The molecule has 0 saturated carbocycles. The highest BCUT2D eigenvalue weighted by molar-refractivity contribution is 7.90. The molecule has 0 bridgehead atoms. The first-order valence-corrected chi connectivity index (χ1v) is 6.44. The van der Waals surface area contributed by atoms with Gasteiger partial charge in [0.2, 0.25) is 0 Å². The van der Waals surface area contributed by atoms with Gasteiger partial charge in [-0.2, -0.15) is 0 Å². The fourth-order valence-corrected chi connectivity index (χ4v) is 2.16. The number of pyridine rings is 1.